The summed E-state index contributed by atoms with van der Waals surface area (Å²) in [5.41, 5.74) is 3.88. The van der Waals surface area contributed by atoms with Crippen molar-refractivity contribution in [1.82, 2.24) is 15.5 Å². The highest BCUT2D eigenvalue weighted by molar-refractivity contribution is 5.95. The van der Waals surface area contributed by atoms with E-state index in [1.165, 1.54) is 30.5 Å². The van der Waals surface area contributed by atoms with Crippen LogP contribution in [0.3, 0.4) is 0 Å². The molecule has 0 spiro atoms. The molecule has 0 aromatic heterocycles. The van der Waals surface area contributed by atoms with Crippen molar-refractivity contribution in [3.8, 4) is 0 Å². The van der Waals surface area contributed by atoms with Gasteiger partial charge in [0.05, 0.1) is 18.7 Å². The van der Waals surface area contributed by atoms with Crippen molar-refractivity contribution in [2.75, 3.05) is 44.7 Å². The Labute approximate surface area is 186 Å². The molecule has 2 amide bonds. The number of piperazine rings is 1. The molecule has 2 aliphatic heterocycles. The smallest absolute Gasteiger partial charge is 0.338 e. The Kier molecular flexibility index (Phi) is 6.41. The number of aryl methyl sites for hydroxylation is 1. The van der Waals surface area contributed by atoms with Gasteiger partial charge in [-0.25, -0.2) is 14.0 Å². The van der Waals surface area contributed by atoms with Crippen LogP contribution in [0.4, 0.5) is 14.9 Å². The van der Waals surface area contributed by atoms with Crippen LogP contribution in [-0.4, -0.2) is 56.7 Å². The first-order valence-electron chi connectivity index (χ1n) is 10.6. The minimum Gasteiger partial charge on any atom is -0.466 e. The highest BCUT2D eigenvalue weighted by Crippen LogP contribution is 2.28. The Balaban J connectivity index is 1.54. The number of carbonyl (C=O) groups excluding carboxylic acids is 2. The predicted molar refractivity (Wildman–Crippen MR) is 120 cm³/mol. The van der Waals surface area contributed by atoms with E-state index in [0.717, 1.165) is 26.2 Å². The van der Waals surface area contributed by atoms with Gasteiger partial charge in [0.1, 0.15) is 5.82 Å². The second-order valence-electron chi connectivity index (χ2n) is 8.07. The molecule has 2 aliphatic rings. The molecule has 1 saturated heterocycles. The normalized spacial score (nSPS) is 19.4. The van der Waals surface area contributed by atoms with Crippen molar-refractivity contribution in [3.63, 3.8) is 0 Å². The Morgan fingerprint density at radius 2 is 1.84 bits per heavy atom. The number of carbonyl (C=O) groups is 2. The van der Waals surface area contributed by atoms with E-state index in [9.17, 15) is 14.0 Å². The molecule has 2 N–H and O–H groups in total. The SMILES string of the molecule is COC(=O)C1=C(CN2CCN(c3cccc(C)c3)CC2)NC(=O)N[C@H]1c1ccc(F)cc1. The molecule has 1 fully saturated rings. The molecule has 2 heterocycles. The van der Waals surface area contributed by atoms with E-state index in [4.69, 9.17) is 4.74 Å². The highest BCUT2D eigenvalue weighted by Gasteiger charge is 2.34. The van der Waals surface area contributed by atoms with E-state index >= 15 is 0 Å². The maximum Gasteiger partial charge on any atom is 0.338 e. The van der Waals surface area contributed by atoms with Gasteiger partial charge in [-0.1, -0.05) is 24.3 Å². The summed E-state index contributed by atoms with van der Waals surface area (Å²) in [4.78, 5) is 29.6. The summed E-state index contributed by atoms with van der Waals surface area (Å²) in [6.07, 6.45) is 0. The molecular weight excluding hydrogens is 411 g/mol. The Bertz CT molecular complexity index is 1030. The van der Waals surface area contributed by atoms with Crippen LogP contribution in [0.2, 0.25) is 0 Å². The lowest BCUT2D eigenvalue weighted by Gasteiger charge is -2.38. The third kappa shape index (κ3) is 4.75. The number of nitrogens with zero attached hydrogens (tertiary/aromatic N) is 2. The minimum atomic E-state index is -0.708. The number of anilines is 1. The maximum atomic E-state index is 13.4. The zero-order valence-electron chi connectivity index (χ0n) is 18.2. The number of urea groups is 1. The van der Waals surface area contributed by atoms with Crippen molar-refractivity contribution >= 4 is 17.7 Å². The van der Waals surface area contributed by atoms with Crippen LogP contribution in [0.15, 0.2) is 59.8 Å². The van der Waals surface area contributed by atoms with Gasteiger partial charge in [-0.05, 0) is 42.3 Å². The van der Waals surface area contributed by atoms with Gasteiger partial charge in [-0.15, -0.1) is 0 Å². The molecule has 0 radical (unpaired) electrons. The molecular formula is C24H27FN4O3. The van der Waals surface area contributed by atoms with Crippen molar-refractivity contribution in [2.45, 2.75) is 13.0 Å². The summed E-state index contributed by atoms with van der Waals surface area (Å²) in [5, 5.41) is 5.55. The van der Waals surface area contributed by atoms with Gasteiger partial charge in [-0.3, -0.25) is 4.90 Å². The standard InChI is InChI=1S/C24H27FN4O3/c1-16-4-3-5-19(14-16)29-12-10-28(11-13-29)15-20-21(23(30)32-2)22(27-24(31)26-20)17-6-8-18(25)9-7-17/h3-9,14,22H,10-13,15H2,1-2H3,(H2,26,27,31)/t22-/m0/s1. The number of hydrogen-bond acceptors (Lipinski definition) is 5. The van der Waals surface area contributed by atoms with Crippen molar-refractivity contribution in [3.05, 3.63) is 76.7 Å². The lowest BCUT2D eigenvalue weighted by Crippen LogP contribution is -2.51. The van der Waals surface area contributed by atoms with Crippen LogP contribution >= 0.6 is 0 Å². The van der Waals surface area contributed by atoms with Crippen LogP contribution in [0, 0.1) is 12.7 Å². The lowest BCUT2D eigenvalue weighted by molar-refractivity contribution is -0.136. The van der Waals surface area contributed by atoms with Crippen LogP contribution in [0.5, 0.6) is 0 Å². The van der Waals surface area contributed by atoms with Gasteiger partial charge in [0.15, 0.2) is 0 Å². The number of nitrogens with one attached hydrogen (secondary N) is 2. The number of halogens is 1. The van der Waals surface area contributed by atoms with Gasteiger partial charge in [-0.2, -0.15) is 0 Å². The quantitative estimate of drug-likeness (QED) is 0.703. The van der Waals surface area contributed by atoms with E-state index in [-0.39, 0.29) is 5.82 Å². The number of methoxy groups -OCH3 is 1. The molecule has 4 rings (SSSR count). The van der Waals surface area contributed by atoms with Crippen molar-refractivity contribution in [1.29, 1.82) is 0 Å². The van der Waals surface area contributed by atoms with Crippen LogP contribution in [0.1, 0.15) is 17.2 Å². The van der Waals surface area contributed by atoms with E-state index in [2.05, 4.69) is 51.6 Å². The largest absolute Gasteiger partial charge is 0.466 e. The third-order valence-corrected chi connectivity index (χ3v) is 5.88. The third-order valence-electron chi connectivity index (χ3n) is 5.88. The molecule has 0 aliphatic carbocycles. The Hall–Kier alpha value is -3.39. The summed E-state index contributed by atoms with van der Waals surface area (Å²) >= 11 is 0. The maximum absolute atomic E-state index is 13.4. The fourth-order valence-corrected chi connectivity index (χ4v) is 4.21. The molecule has 7 nitrogen and oxygen atoms in total. The molecule has 0 unspecified atom stereocenters. The molecule has 2 aromatic carbocycles. The fourth-order valence-electron chi connectivity index (χ4n) is 4.21. The zero-order valence-corrected chi connectivity index (χ0v) is 18.2. The number of amides is 2. The lowest BCUT2D eigenvalue weighted by atomic mass is 9.95. The Morgan fingerprint density at radius 1 is 1.12 bits per heavy atom. The van der Waals surface area contributed by atoms with Crippen LogP contribution < -0.4 is 15.5 Å². The van der Waals surface area contributed by atoms with Crippen molar-refractivity contribution in [2.24, 2.45) is 0 Å². The van der Waals surface area contributed by atoms with E-state index in [1.807, 2.05) is 0 Å². The highest BCUT2D eigenvalue weighted by atomic mass is 19.1. The number of ether oxygens (including phenoxy) is 1. The van der Waals surface area contributed by atoms with Gasteiger partial charge >= 0.3 is 12.0 Å². The summed E-state index contributed by atoms with van der Waals surface area (Å²) in [6, 6.07) is 13.1. The topological polar surface area (TPSA) is 73.9 Å². The van der Waals surface area contributed by atoms with Gasteiger partial charge in [0, 0.05) is 44.1 Å². The second-order valence-corrected chi connectivity index (χ2v) is 8.07. The summed E-state index contributed by atoms with van der Waals surface area (Å²) < 4.78 is 18.4. The van der Waals surface area contributed by atoms with E-state index in [0.29, 0.717) is 23.4 Å². The fraction of sp³-hybridized carbons (Fsp3) is 0.333. The van der Waals surface area contributed by atoms with Crippen LogP contribution in [-0.2, 0) is 9.53 Å². The molecule has 32 heavy (non-hydrogen) atoms. The van der Waals surface area contributed by atoms with E-state index in [1.54, 1.807) is 12.1 Å². The summed E-state index contributed by atoms with van der Waals surface area (Å²) in [5.74, 6) is -0.912. The summed E-state index contributed by atoms with van der Waals surface area (Å²) in [6.45, 7) is 5.76. The molecule has 1 atom stereocenters. The predicted octanol–water partition coefficient (Wildman–Crippen LogP) is 2.74. The van der Waals surface area contributed by atoms with Gasteiger partial charge in [0.2, 0.25) is 0 Å². The average Bonchev–Trinajstić information content (AvgIpc) is 2.79. The first kappa shape index (κ1) is 21.8. The number of benzene rings is 2. The van der Waals surface area contributed by atoms with E-state index < -0.39 is 18.0 Å². The second kappa shape index (κ2) is 9.40. The first-order valence-corrected chi connectivity index (χ1v) is 10.6. The monoisotopic (exact) mass is 438 g/mol. The molecule has 8 heteroatoms. The molecule has 2 aromatic rings. The average molecular weight is 439 g/mol. The summed E-state index contributed by atoms with van der Waals surface area (Å²) in [7, 11) is 1.31. The van der Waals surface area contributed by atoms with Crippen LogP contribution in [0.25, 0.3) is 0 Å². The number of rotatable bonds is 5. The number of hydrogen-bond donors (Lipinski definition) is 2. The zero-order chi connectivity index (χ0) is 22.7. The minimum absolute atomic E-state index is 0.333. The molecule has 0 bridgehead atoms. The molecule has 168 valence electrons. The Morgan fingerprint density at radius 3 is 2.50 bits per heavy atom. The first-order chi connectivity index (χ1) is 15.4. The number of esters is 1. The van der Waals surface area contributed by atoms with Gasteiger partial charge < -0.3 is 20.3 Å². The van der Waals surface area contributed by atoms with Crippen molar-refractivity contribution < 1.29 is 18.7 Å². The van der Waals surface area contributed by atoms with Gasteiger partial charge in [0.25, 0.3) is 0 Å². The molecule has 0 saturated carbocycles.